The molecule has 0 saturated carbocycles. The molecule has 2 aromatic heterocycles. The highest BCUT2D eigenvalue weighted by molar-refractivity contribution is 7.15. The first-order chi connectivity index (χ1) is 12.7. The van der Waals surface area contributed by atoms with E-state index in [0.29, 0.717) is 16.2 Å². The lowest BCUT2D eigenvalue weighted by molar-refractivity contribution is 0.102. The van der Waals surface area contributed by atoms with E-state index in [4.69, 9.17) is 11.6 Å². The molecule has 2 heterocycles. The normalized spacial score (nSPS) is 10.8. The number of rotatable bonds is 4. The highest BCUT2D eigenvalue weighted by atomic mass is 35.5. The zero-order valence-electron chi connectivity index (χ0n) is 13.6. The summed E-state index contributed by atoms with van der Waals surface area (Å²) in [6.45, 7) is 0. The average Bonchev–Trinajstić information content (AvgIpc) is 3.10. The molecule has 0 unspecified atom stereocenters. The van der Waals surface area contributed by atoms with Crippen molar-refractivity contribution in [3.05, 3.63) is 88.0 Å². The maximum absolute atomic E-state index is 12.6. The molecule has 0 fully saturated rings. The summed E-state index contributed by atoms with van der Waals surface area (Å²) >= 11 is 7.38. The number of aromatic nitrogens is 2. The Kier molecular flexibility index (Phi) is 4.65. The van der Waals surface area contributed by atoms with Crippen molar-refractivity contribution in [2.75, 3.05) is 5.32 Å². The van der Waals surface area contributed by atoms with E-state index < -0.39 is 0 Å². The van der Waals surface area contributed by atoms with Crippen LogP contribution in [0.15, 0.2) is 67.0 Å². The van der Waals surface area contributed by atoms with Crippen LogP contribution in [0.3, 0.4) is 0 Å². The van der Waals surface area contributed by atoms with Crippen LogP contribution < -0.4 is 5.32 Å². The van der Waals surface area contributed by atoms with Crippen molar-refractivity contribution in [1.29, 1.82) is 0 Å². The van der Waals surface area contributed by atoms with Crippen LogP contribution in [0.2, 0.25) is 5.02 Å². The first-order valence-electron chi connectivity index (χ1n) is 8.03. The van der Waals surface area contributed by atoms with Crippen molar-refractivity contribution in [3.63, 3.8) is 0 Å². The Morgan fingerprint density at radius 1 is 1.04 bits per heavy atom. The van der Waals surface area contributed by atoms with Crippen LogP contribution in [0, 0.1) is 0 Å². The fourth-order valence-corrected chi connectivity index (χ4v) is 3.67. The van der Waals surface area contributed by atoms with E-state index in [1.54, 1.807) is 18.5 Å². The number of pyridine rings is 1. The zero-order valence-corrected chi connectivity index (χ0v) is 15.2. The maximum Gasteiger partial charge on any atom is 0.259 e. The van der Waals surface area contributed by atoms with Crippen LogP contribution in [0.1, 0.15) is 20.8 Å². The Morgan fingerprint density at radius 3 is 2.69 bits per heavy atom. The number of nitrogens with one attached hydrogen (secondary N) is 1. The lowest BCUT2D eigenvalue weighted by Gasteiger charge is -2.05. The molecule has 0 aliphatic carbocycles. The number of hydrogen-bond acceptors (Lipinski definition) is 4. The van der Waals surface area contributed by atoms with Crippen molar-refractivity contribution < 1.29 is 4.79 Å². The molecule has 26 heavy (non-hydrogen) atoms. The molecule has 128 valence electrons. The second kappa shape index (κ2) is 7.23. The van der Waals surface area contributed by atoms with Crippen LogP contribution in [0.25, 0.3) is 10.9 Å². The van der Waals surface area contributed by atoms with Gasteiger partial charge in [-0.2, -0.15) is 0 Å². The number of para-hydroxylation sites is 1. The van der Waals surface area contributed by atoms with Gasteiger partial charge in [-0.1, -0.05) is 41.9 Å². The number of amides is 1. The zero-order chi connectivity index (χ0) is 17.9. The smallest absolute Gasteiger partial charge is 0.259 e. The summed E-state index contributed by atoms with van der Waals surface area (Å²) < 4.78 is 0. The van der Waals surface area contributed by atoms with Gasteiger partial charge in [0.1, 0.15) is 0 Å². The van der Waals surface area contributed by atoms with Crippen LogP contribution >= 0.6 is 22.9 Å². The SMILES string of the molecule is O=C(Nc1ncc(Cc2ccc(Cl)cc2)s1)c1cccc2cccnc12. The standard InChI is InChI=1S/C20H14ClN3OS/c21-15-8-6-13(7-9-15)11-16-12-23-20(26-16)24-19(25)17-5-1-3-14-4-2-10-22-18(14)17/h1-10,12H,11H2,(H,23,24,25). The average molecular weight is 380 g/mol. The number of hydrogen-bond donors (Lipinski definition) is 1. The minimum absolute atomic E-state index is 0.207. The van der Waals surface area contributed by atoms with E-state index in [1.807, 2.05) is 48.5 Å². The summed E-state index contributed by atoms with van der Waals surface area (Å²) in [5.74, 6) is -0.207. The Morgan fingerprint density at radius 2 is 1.85 bits per heavy atom. The summed E-state index contributed by atoms with van der Waals surface area (Å²) in [7, 11) is 0. The number of thiazole rings is 1. The largest absolute Gasteiger partial charge is 0.298 e. The summed E-state index contributed by atoms with van der Waals surface area (Å²) in [5.41, 5.74) is 2.37. The molecule has 1 amide bonds. The lowest BCUT2D eigenvalue weighted by Crippen LogP contribution is -2.12. The summed E-state index contributed by atoms with van der Waals surface area (Å²) in [4.78, 5) is 22.3. The fraction of sp³-hybridized carbons (Fsp3) is 0.0500. The third-order valence-corrected chi connectivity index (χ3v) is 5.11. The van der Waals surface area contributed by atoms with Gasteiger partial charge >= 0.3 is 0 Å². The van der Waals surface area contributed by atoms with E-state index >= 15 is 0 Å². The molecule has 0 bridgehead atoms. The van der Waals surface area contributed by atoms with E-state index in [1.165, 1.54) is 11.3 Å². The molecule has 4 rings (SSSR count). The predicted molar refractivity (Wildman–Crippen MR) is 106 cm³/mol. The predicted octanol–water partition coefficient (Wildman–Crippen LogP) is 5.19. The Balaban J connectivity index is 1.51. The summed E-state index contributed by atoms with van der Waals surface area (Å²) in [6, 6.07) is 17.1. The van der Waals surface area contributed by atoms with E-state index in [0.717, 1.165) is 27.3 Å². The molecule has 0 spiro atoms. The number of nitrogens with zero attached hydrogens (tertiary/aromatic N) is 2. The number of carbonyl (C=O) groups is 1. The van der Waals surface area contributed by atoms with Crippen LogP contribution in [0.5, 0.6) is 0 Å². The van der Waals surface area contributed by atoms with Gasteiger partial charge in [-0.25, -0.2) is 4.98 Å². The number of anilines is 1. The molecular weight excluding hydrogens is 366 g/mol. The molecule has 6 heteroatoms. The molecule has 0 radical (unpaired) electrons. The summed E-state index contributed by atoms with van der Waals surface area (Å²) in [5, 5.41) is 5.10. The van der Waals surface area contributed by atoms with E-state index in [-0.39, 0.29) is 5.91 Å². The molecule has 4 aromatic rings. The number of carbonyl (C=O) groups excluding carboxylic acids is 1. The quantitative estimate of drug-likeness (QED) is 0.531. The van der Waals surface area contributed by atoms with Gasteiger partial charge in [-0.05, 0) is 29.8 Å². The van der Waals surface area contributed by atoms with Gasteiger partial charge in [0.25, 0.3) is 5.91 Å². The highest BCUT2D eigenvalue weighted by Crippen LogP contribution is 2.23. The Bertz CT molecular complexity index is 1070. The molecule has 0 saturated heterocycles. The minimum Gasteiger partial charge on any atom is -0.298 e. The molecular formula is C20H14ClN3OS. The fourth-order valence-electron chi connectivity index (χ4n) is 2.70. The van der Waals surface area contributed by atoms with Crippen molar-refractivity contribution >= 4 is 44.9 Å². The third-order valence-electron chi connectivity index (χ3n) is 3.94. The van der Waals surface area contributed by atoms with Crippen molar-refractivity contribution in [2.45, 2.75) is 6.42 Å². The number of fused-ring (bicyclic) bond motifs is 1. The molecule has 4 nitrogen and oxygen atoms in total. The molecule has 0 aliphatic heterocycles. The monoisotopic (exact) mass is 379 g/mol. The lowest BCUT2D eigenvalue weighted by atomic mass is 10.1. The van der Waals surface area contributed by atoms with Gasteiger partial charge in [0, 0.05) is 34.1 Å². The number of benzene rings is 2. The van der Waals surface area contributed by atoms with Gasteiger partial charge < -0.3 is 0 Å². The van der Waals surface area contributed by atoms with Crippen molar-refractivity contribution in [2.24, 2.45) is 0 Å². The van der Waals surface area contributed by atoms with E-state index in [9.17, 15) is 4.79 Å². The van der Waals surface area contributed by atoms with Gasteiger partial charge in [0.2, 0.25) is 0 Å². The molecule has 0 aliphatic rings. The topological polar surface area (TPSA) is 54.9 Å². The Labute approximate surface area is 159 Å². The van der Waals surface area contributed by atoms with Gasteiger partial charge in [-0.15, -0.1) is 11.3 Å². The van der Waals surface area contributed by atoms with E-state index in [2.05, 4.69) is 15.3 Å². The number of halogens is 1. The van der Waals surface area contributed by atoms with Crippen LogP contribution in [-0.4, -0.2) is 15.9 Å². The first kappa shape index (κ1) is 16.7. The third kappa shape index (κ3) is 3.59. The van der Waals surface area contributed by atoms with Gasteiger partial charge in [0.15, 0.2) is 5.13 Å². The maximum atomic E-state index is 12.6. The first-order valence-corrected chi connectivity index (χ1v) is 9.23. The highest BCUT2D eigenvalue weighted by Gasteiger charge is 2.13. The van der Waals surface area contributed by atoms with Crippen LogP contribution in [0.4, 0.5) is 5.13 Å². The second-order valence-electron chi connectivity index (χ2n) is 5.77. The van der Waals surface area contributed by atoms with Crippen molar-refractivity contribution in [1.82, 2.24) is 9.97 Å². The summed E-state index contributed by atoms with van der Waals surface area (Å²) in [6.07, 6.45) is 4.23. The molecule has 2 aromatic carbocycles. The van der Waals surface area contributed by atoms with Crippen LogP contribution in [-0.2, 0) is 6.42 Å². The molecule has 1 N–H and O–H groups in total. The molecule has 0 atom stereocenters. The van der Waals surface area contributed by atoms with Gasteiger partial charge in [0.05, 0.1) is 11.1 Å². The van der Waals surface area contributed by atoms with Gasteiger partial charge in [-0.3, -0.25) is 15.1 Å². The second-order valence-corrected chi connectivity index (χ2v) is 7.32. The van der Waals surface area contributed by atoms with Crippen molar-refractivity contribution in [3.8, 4) is 0 Å². The Hall–Kier alpha value is -2.76. The minimum atomic E-state index is -0.207.